The molecule has 2 amide bonds. The van der Waals surface area contributed by atoms with E-state index in [4.69, 9.17) is 4.74 Å². The molecule has 2 aromatic carbocycles. The molecule has 2 aromatic rings. The Morgan fingerprint density at radius 1 is 1.11 bits per heavy atom. The van der Waals surface area contributed by atoms with Gasteiger partial charge in [0.15, 0.2) is 0 Å². The van der Waals surface area contributed by atoms with Crippen molar-refractivity contribution in [2.45, 2.75) is 24.8 Å². The summed E-state index contributed by atoms with van der Waals surface area (Å²) in [4.78, 5) is 27.3. The number of hydrogen-bond donors (Lipinski definition) is 1. The zero-order chi connectivity index (χ0) is 19.7. The molecular weight excluding hydrogens is 359 g/mol. The van der Waals surface area contributed by atoms with Crippen molar-refractivity contribution in [3.63, 3.8) is 0 Å². The quantitative estimate of drug-likeness (QED) is 0.865. The van der Waals surface area contributed by atoms with Gasteiger partial charge in [-0.3, -0.25) is 9.59 Å². The van der Waals surface area contributed by atoms with E-state index in [-0.39, 0.29) is 41.8 Å². The molecule has 1 N–H and O–H groups in total. The van der Waals surface area contributed by atoms with Gasteiger partial charge in [-0.15, -0.1) is 0 Å². The first-order chi connectivity index (χ1) is 13.6. The largest absolute Gasteiger partial charge is 0.497 e. The zero-order valence-corrected chi connectivity index (χ0v) is 15.7. The molecule has 5 nitrogen and oxygen atoms in total. The molecule has 1 aliphatic heterocycles. The zero-order valence-electron chi connectivity index (χ0n) is 15.7. The molecule has 2 atom stereocenters. The molecule has 146 valence electrons. The summed E-state index contributed by atoms with van der Waals surface area (Å²) in [6, 6.07) is 13.8. The average molecular weight is 382 g/mol. The lowest BCUT2D eigenvalue weighted by atomic mass is 9.88. The van der Waals surface area contributed by atoms with Crippen molar-refractivity contribution in [3.8, 4) is 5.75 Å². The molecule has 1 aliphatic carbocycles. The number of amides is 2. The molecule has 0 bridgehead atoms. The van der Waals surface area contributed by atoms with E-state index in [0.717, 1.165) is 18.4 Å². The van der Waals surface area contributed by atoms with Gasteiger partial charge < -0.3 is 15.0 Å². The molecular formula is C22H23FN2O3. The minimum absolute atomic E-state index is 0.0372. The number of halogens is 1. The summed E-state index contributed by atoms with van der Waals surface area (Å²) in [6.07, 6.45) is 2.00. The highest BCUT2D eigenvalue weighted by atomic mass is 19.1. The lowest BCUT2D eigenvalue weighted by molar-refractivity contribution is -0.125. The molecule has 0 spiro atoms. The minimum Gasteiger partial charge on any atom is -0.497 e. The molecule has 1 saturated heterocycles. The van der Waals surface area contributed by atoms with E-state index >= 15 is 0 Å². The monoisotopic (exact) mass is 382 g/mol. The highest BCUT2D eigenvalue weighted by Crippen LogP contribution is 2.36. The normalized spacial score (nSPS) is 21.4. The van der Waals surface area contributed by atoms with E-state index in [0.29, 0.717) is 12.3 Å². The number of methoxy groups -OCH3 is 1. The maximum Gasteiger partial charge on any atom is 0.256 e. The van der Waals surface area contributed by atoms with Crippen molar-refractivity contribution in [3.05, 3.63) is 65.5 Å². The van der Waals surface area contributed by atoms with Crippen molar-refractivity contribution >= 4 is 11.8 Å². The van der Waals surface area contributed by atoms with Gasteiger partial charge in [-0.2, -0.15) is 0 Å². The number of likely N-dealkylation sites (tertiary alicyclic amines) is 1. The molecule has 1 saturated carbocycles. The summed E-state index contributed by atoms with van der Waals surface area (Å²) >= 11 is 0. The second-order valence-corrected chi connectivity index (χ2v) is 7.46. The SMILES string of the molecule is COc1cccc(C2CN(C(=O)c3ccccc3F)CC2C(=O)NC2CC2)c1. The van der Waals surface area contributed by atoms with E-state index in [9.17, 15) is 14.0 Å². The van der Waals surface area contributed by atoms with Crippen LogP contribution in [0.15, 0.2) is 48.5 Å². The predicted molar refractivity (Wildman–Crippen MR) is 103 cm³/mol. The predicted octanol–water partition coefficient (Wildman–Crippen LogP) is 2.97. The van der Waals surface area contributed by atoms with Crippen LogP contribution in [0.5, 0.6) is 5.75 Å². The van der Waals surface area contributed by atoms with Gasteiger partial charge >= 0.3 is 0 Å². The fourth-order valence-corrected chi connectivity index (χ4v) is 3.79. The Bertz CT molecular complexity index is 897. The summed E-state index contributed by atoms with van der Waals surface area (Å²) in [6.45, 7) is 0.636. The number of rotatable bonds is 5. The van der Waals surface area contributed by atoms with Crippen LogP contribution in [0, 0.1) is 11.7 Å². The van der Waals surface area contributed by atoms with Gasteiger partial charge in [0.05, 0.1) is 18.6 Å². The van der Waals surface area contributed by atoms with Crippen LogP contribution in [0.1, 0.15) is 34.7 Å². The summed E-state index contributed by atoms with van der Waals surface area (Å²) < 4.78 is 19.4. The molecule has 4 rings (SSSR count). The maximum absolute atomic E-state index is 14.1. The lowest BCUT2D eigenvalue weighted by Gasteiger charge is -2.18. The van der Waals surface area contributed by atoms with Crippen molar-refractivity contribution in [1.82, 2.24) is 10.2 Å². The van der Waals surface area contributed by atoms with E-state index in [1.165, 1.54) is 12.1 Å². The highest BCUT2D eigenvalue weighted by Gasteiger charge is 2.42. The van der Waals surface area contributed by atoms with Crippen LogP contribution in [0.3, 0.4) is 0 Å². The fourth-order valence-electron chi connectivity index (χ4n) is 3.79. The number of ether oxygens (including phenoxy) is 1. The molecule has 1 heterocycles. The van der Waals surface area contributed by atoms with Crippen LogP contribution in [0.4, 0.5) is 4.39 Å². The lowest BCUT2D eigenvalue weighted by Crippen LogP contribution is -2.36. The van der Waals surface area contributed by atoms with Crippen LogP contribution in [0.2, 0.25) is 0 Å². The Morgan fingerprint density at radius 2 is 1.89 bits per heavy atom. The standard InChI is InChI=1S/C22H23FN2O3/c1-28-16-6-4-5-14(11-16)18-12-25(13-19(18)21(26)24-15-9-10-15)22(27)17-7-2-3-8-20(17)23/h2-8,11,15,18-19H,9-10,12-13H2,1H3,(H,24,26). The smallest absolute Gasteiger partial charge is 0.256 e. The van der Waals surface area contributed by atoms with Crippen molar-refractivity contribution in [1.29, 1.82) is 0 Å². The summed E-state index contributed by atoms with van der Waals surface area (Å²) in [5, 5.41) is 3.05. The first kappa shape index (κ1) is 18.5. The van der Waals surface area contributed by atoms with Gasteiger partial charge in [0, 0.05) is 25.0 Å². The second-order valence-electron chi connectivity index (χ2n) is 7.46. The third-order valence-corrected chi connectivity index (χ3v) is 5.49. The van der Waals surface area contributed by atoms with Gasteiger partial charge in [0.1, 0.15) is 11.6 Å². The van der Waals surface area contributed by atoms with Crippen LogP contribution in [0.25, 0.3) is 0 Å². The number of hydrogen-bond acceptors (Lipinski definition) is 3. The highest BCUT2D eigenvalue weighted by molar-refractivity contribution is 5.95. The fraction of sp³-hybridized carbons (Fsp3) is 0.364. The molecule has 28 heavy (non-hydrogen) atoms. The van der Waals surface area contributed by atoms with Crippen LogP contribution in [-0.4, -0.2) is 43.0 Å². The van der Waals surface area contributed by atoms with E-state index in [1.807, 2.05) is 24.3 Å². The molecule has 2 unspecified atom stereocenters. The Balaban J connectivity index is 1.61. The van der Waals surface area contributed by atoms with Crippen molar-refractivity contribution in [2.75, 3.05) is 20.2 Å². The van der Waals surface area contributed by atoms with E-state index < -0.39 is 5.82 Å². The average Bonchev–Trinajstić information content (AvgIpc) is 3.41. The number of carbonyl (C=O) groups excluding carboxylic acids is 2. The number of nitrogens with one attached hydrogen (secondary N) is 1. The maximum atomic E-state index is 14.1. The van der Waals surface area contributed by atoms with Gasteiger partial charge in [0.2, 0.25) is 5.91 Å². The number of carbonyl (C=O) groups is 2. The number of nitrogens with zero attached hydrogens (tertiary/aromatic N) is 1. The van der Waals surface area contributed by atoms with E-state index in [1.54, 1.807) is 24.1 Å². The first-order valence-corrected chi connectivity index (χ1v) is 9.55. The van der Waals surface area contributed by atoms with Gasteiger partial charge in [0.25, 0.3) is 5.91 Å². The van der Waals surface area contributed by atoms with Crippen LogP contribution < -0.4 is 10.1 Å². The topological polar surface area (TPSA) is 58.6 Å². The second kappa shape index (κ2) is 7.62. The Labute approximate surface area is 163 Å². The van der Waals surface area contributed by atoms with Crippen molar-refractivity contribution in [2.24, 2.45) is 5.92 Å². The van der Waals surface area contributed by atoms with Gasteiger partial charge in [-0.25, -0.2) is 4.39 Å². The summed E-state index contributed by atoms with van der Waals surface area (Å²) in [5.41, 5.74) is 0.981. The molecule has 6 heteroatoms. The van der Waals surface area contributed by atoms with Gasteiger partial charge in [-0.1, -0.05) is 24.3 Å². The van der Waals surface area contributed by atoms with E-state index in [2.05, 4.69) is 5.32 Å². The molecule has 2 aliphatic rings. The first-order valence-electron chi connectivity index (χ1n) is 9.55. The third kappa shape index (κ3) is 3.72. The molecule has 2 fully saturated rings. The van der Waals surface area contributed by atoms with Crippen LogP contribution >= 0.6 is 0 Å². The van der Waals surface area contributed by atoms with Crippen LogP contribution in [-0.2, 0) is 4.79 Å². The minimum atomic E-state index is -0.545. The van der Waals surface area contributed by atoms with Crippen molar-refractivity contribution < 1.29 is 18.7 Å². The Kier molecular flexibility index (Phi) is 5.03. The summed E-state index contributed by atoms with van der Waals surface area (Å²) in [5.74, 6) is -0.797. The summed E-state index contributed by atoms with van der Waals surface area (Å²) in [7, 11) is 1.60. The molecule has 0 radical (unpaired) electrons. The Hall–Kier alpha value is -2.89. The number of benzene rings is 2. The third-order valence-electron chi connectivity index (χ3n) is 5.49. The Morgan fingerprint density at radius 3 is 2.61 bits per heavy atom. The molecule has 0 aromatic heterocycles. The van der Waals surface area contributed by atoms with Gasteiger partial charge in [-0.05, 0) is 42.7 Å².